The third-order valence-electron chi connectivity index (χ3n) is 8.20. The molecule has 0 fully saturated rings. The predicted molar refractivity (Wildman–Crippen MR) is 176 cm³/mol. The summed E-state index contributed by atoms with van der Waals surface area (Å²) in [6.07, 6.45) is 26.0. The van der Waals surface area contributed by atoms with Gasteiger partial charge in [0, 0.05) is 63.7 Å². The predicted octanol–water partition coefficient (Wildman–Crippen LogP) is 6.76. The molecule has 2 aliphatic carbocycles. The molecule has 1 aliphatic heterocycles. The Hall–Kier alpha value is -3.84. The van der Waals surface area contributed by atoms with Crippen molar-refractivity contribution in [3.05, 3.63) is 149 Å². The standard InChI is InChI=1S/2C15H9.C10H14N4.2Au/c2*1-2-11-7-8-15-13(9-11)10-12-5-3-4-6-14(12)15;1-13-5-9(11-7-13)3-4-10-6-14(2)8-12-10;;/h2*3-9H,10H2;5,10H,3-4,6H2,1-2H3;;/q2*-1;-2;;. The van der Waals surface area contributed by atoms with Gasteiger partial charge in [0.05, 0.1) is 0 Å². The van der Waals surface area contributed by atoms with Crippen molar-refractivity contribution in [2.45, 2.75) is 31.7 Å². The third kappa shape index (κ3) is 8.11. The van der Waals surface area contributed by atoms with Gasteiger partial charge in [0.25, 0.3) is 0 Å². The van der Waals surface area contributed by atoms with Crippen LogP contribution in [-0.4, -0.2) is 40.4 Å². The molecule has 46 heavy (non-hydrogen) atoms. The van der Waals surface area contributed by atoms with E-state index in [0.29, 0.717) is 6.04 Å². The zero-order valence-electron chi connectivity index (χ0n) is 25.7. The summed E-state index contributed by atoms with van der Waals surface area (Å²) in [6, 6.07) is 29.6. The van der Waals surface area contributed by atoms with E-state index in [4.69, 9.17) is 12.8 Å². The topological polar surface area (TPSA) is 33.4 Å². The van der Waals surface area contributed by atoms with Gasteiger partial charge in [0.2, 0.25) is 0 Å². The fourth-order valence-electron chi connectivity index (χ4n) is 6.04. The Bertz CT molecular complexity index is 1820. The quantitative estimate of drug-likeness (QED) is 0.112. The minimum Gasteiger partial charge on any atom is -0.538 e. The molecule has 1 unspecified atom stereocenters. The van der Waals surface area contributed by atoms with Crippen LogP contribution in [0.4, 0.5) is 0 Å². The summed E-state index contributed by atoms with van der Waals surface area (Å²) in [5.41, 5.74) is 13.5. The number of aryl methyl sites for hydroxylation is 2. The first-order valence-corrected chi connectivity index (χ1v) is 14.8. The Balaban J connectivity index is 0.000000153. The maximum absolute atomic E-state index is 7.12. The number of aliphatic imine (C=N–C) groups is 1. The Morgan fingerprint density at radius 3 is 1.72 bits per heavy atom. The van der Waals surface area contributed by atoms with Crippen molar-refractivity contribution in [2.75, 3.05) is 13.6 Å². The molecule has 0 amide bonds. The fraction of sp³-hybridized carbons (Fsp3) is 0.200. The van der Waals surface area contributed by atoms with Crippen molar-refractivity contribution in [3.63, 3.8) is 0 Å². The van der Waals surface area contributed by atoms with E-state index in [-0.39, 0.29) is 44.8 Å². The van der Waals surface area contributed by atoms with Crippen molar-refractivity contribution in [1.29, 1.82) is 0 Å². The van der Waals surface area contributed by atoms with Gasteiger partial charge in [-0.05, 0) is 66.7 Å². The molecule has 4 nitrogen and oxygen atoms in total. The second-order valence-electron chi connectivity index (χ2n) is 11.4. The first kappa shape index (κ1) is 35.0. The molecule has 0 bridgehead atoms. The second kappa shape index (κ2) is 16.1. The van der Waals surface area contributed by atoms with Crippen LogP contribution in [0.15, 0.2) is 96.1 Å². The smallest absolute Gasteiger partial charge is 0.0276 e. The molecule has 1 aromatic heterocycles. The normalized spacial score (nSPS) is 13.9. The maximum atomic E-state index is 7.12. The number of rotatable bonds is 3. The molecule has 2 radical (unpaired) electrons. The summed E-state index contributed by atoms with van der Waals surface area (Å²) in [7, 11) is 3.93. The van der Waals surface area contributed by atoms with E-state index < -0.39 is 0 Å². The Morgan fingerprint density at radius 1 is 0.739 bits per heavy atom. The van der Waals surface area contributed by atoms with Gasteiger partial charge in [0.15, 0.2) is 0 Å². The summed E-state index contributed by atoms with van der Waals surface area (Å²) in [6.45, 7) is 0.983. The summed E-state index contributed by atoms with van der Waals surface area (Å²) in [5, 5.41) is 0. The summed E-state index contributed by atoms with van der Waals surface area (Å²) < 4.78 is 1.85. The average Bonchev–Trinajstić information content (AvgIpc) is 3.84. The van der Waals surface area contributed by atoms with Crippen LogP contribution >= 0.6 is 0 Å². The molecule has 238 valence electrons. The van der Waals surface area contributed by atoms with Gasteiger partial charge in [-0.15, -0.1) is 41.6 Å². The second-order valence-corrected chi connectivity index (χ2v) is 11.4. The number of benzene rings is 4. The molecule has 0 N–H and O–H groups in total. The number of hydrogen-bond acceptors (Lipinski definition) is 3. The zero-order chi connectivity index (χ0) is 30.5. The van der Waals surface area contributed by atoms with Crippen molar-refractivity contribution in [3.8, 4) is 34.1 Å². The zero-order valence-corrected chi connectivity index (χ0v) is 30.0. The molecule has 0 spiro atoms. The summed E-state index contributed by atoms with van der Waals surface area (Å²) >= 11 is 0. The minimum atomic E-state index is 0. The number of aromatic nitrogens is 2. The molecule has 5 aromatic rings. The monoisotopic (exact) mass is 962 g/mol. The van der Waals surface area contributed by atoms with Gasteiger partial charge in [-0.3, -0.25) is 18.2 Å². The van der Waals surface area contributed by atoms with E-state index in [1.54, 1.807) is 0 Å². The molecule has 6 heteroatoms. The van der Waals surface area contributed by atoms with Crippen molar-refractivity contribution < 1.29 is 44.8 Å². The Labute approximate surface area is 304 Å². The van der Waals surface area contributed by atoms with Crippen LogP contribution in [0, 0.1) is 31.0 Å². The number of fused-ring (bicyclic) bond motifs is 6. The molecule has 1 atom stereocenters. The van der Waals surface area contributed by atoms with Crippen LogP contribution in [-0.2, 0) is 71.1 Å². The number of nitrogens with zero attached hydrogens (tertiary/aromatic N) is 4. The average molecular weight is 963 g/mol. The van der Waals surface area contributed by atoms with Gasteiger partial charge in [-0.1, -0.05) is 83.9 Å². The van der Waals surface area contributed by atoms with Gasteiger partial charge >= 0.3 is 0 Å². The number of likely N-dealkylation sites (N-methyl/N-ethyl adjacent to an activating group) is 1. The van der Waals surface area contributed by atoms with Crippen molar-refractivity contribution >= 4 is 6.34 Å². The first-order valence-electron chi connectivity index (χ1n) is 14.8. The maximum Gasteiger partial charge on any atom is 0.0276 e. The van der Waals surface area contributed by atoms with Crippen LogP contribution in [0.25, 0.3) is 22.3 Å². The van der Waals surface area contributed by atoms with E-state index in [9.17, 15) is 0 Å². The Kier molecular flexibility index (Phi) is 12.3. The van der Waals surface area contributed by atoms with Crippen molar-refractivity contribution in [1.82, 2.24) is 14.5 Å². The molecule has 3 aliphatic rings. The van der Waals surface area contributed by atoms with Gasteiger partial charge in [-0.2, -0.15) is 0 Å². The van der Waals surface area contributed by atoms with E-state index in [0.717, 1.165) is 49.0 Å². The van der Waals surface area contributed by atoms with Crippen LogP contribution in [0.3, 0.4) is 0 Å². The van der Waals surface area contributed by atoms with Crippen LogP contribution < -0.4 is 0 Å². The van der Waals surface area contributed by atoms with E-state index in [1.807, 2.05) is 41.9 Å². The summed E-state index contributed by atoms with van der Waals surface area (Å²) in [5.74, 6) is 4.87. The largest absolute Gasteiger partial charge is 0.538 e. The van der Waals surface area contributed by atoms with Crippen LogP contribution in [0.2, 0.25) is 0 Å². The van der Waals surface area contributed by atoms with E-state index >= 15 is 0 Å². The Morgan fingerprint density at radius 2 is 1.26 bits per heavy atom. The fourth-order valence-corrected chi connectivity index (χ4v) is 6.04. The van der Waals surface area contributed by atoms with Crippen LogP contribution in [0.5, 0.6) is 0 Å². The SMILES string of the molecule is CN1[C-]=NC(CCc2cn(C)[c-]n2)C1.[Au].[Au].[C-]#Cc1ccc2c(c1)Cc1ccccc1-2.[C-]#Cc1ccc2c(c1)Cc1ccccc1-2. The van der Waals surface area contributed by atoms with Gasteiger partial charge in [-0.25, -0.2) is 0 Å². The van der Waals surface area contributed by atoms with E-state index in [2.05, 4.69) is 107 Å². The van der Waals surface area contributed by atoms with Crippen molar-refractivity contribution in [2.24, 2.45) is 12.0 Å². The molecule has 8 rings (SSSR count). The molecule has 4 aromatic carbocycles. The minimum absolute atomic E-state index is 0. The molecular formula is C40H32Au2N4-4. The van der Waals surface area contributed by atoms with E-state index in [1.165, 1.54) is 44.5 Å². The molecule has 0 saturated carbocycles. The number of hydrogen-bond donors (Lipinski definition) is 0. The first-order chi connectivity index (χ1) is 21.5. The molecular weight excluding hydrogens is 930 g/mol. The third-order valence-corrected chi connectivity index (χ3v) is 8.20. The molecule has 2 heterocycles. The summed E-state index contributed by atoms with van der Waals surface area (Å²) in [4.78, 5) is 10.4. The van der Waals surface area contributed by atoms with Crippen LogP contribution in [0.1, 0.15) is 45.5 Å². The molecule has 0 saturated heterocycles. The van der Waals surface area contributed by atoms with Gasteiger partial charge in [0.1, 0.15) is 0 Å². The number of imidazole rings is 1. The van der Waals surface area contributed by atoms with Gasteiger partial charge < -0.3 is 32.3 Å².